The third-order valence-corrected chi connectivity index (χ3v) is 3.86. The quantitative estimate of drug-likeness (QED) is 0.890. The van der Waals surface area contributed by atoms with E-state index >= 15 is 0 Å². The number of nitrogens with one attached hydrogen (secondary N) is 1. The first kappa shape index (κ1) is 10.9. The molecule has 0 amide bonds. The Morgan fingerprint density at radius 1 is 1.53 bits per heavy atom. The van der Waals surface area contributed by atoms with Gasteiger partial charge in [0.2, 0.25) is 0 Å². The van der Waals surface area contributed by atoms with E-state index in [9.17, 15) is 0 Å². The molecule has 6 heteroatoms. The van der Waals surface area contributed by atoms with E-state index < -0.39 is 0 Å². The molecule has 1 aliphatic heterocycles. The molecule has 1 atom stereocenters. The van der Waals surface area contributed by atoms with Gasteiger partial charge < -0.3 is 5.32 Å². The van der Waals surface area contributed by atoms with E-state index in [0.717, 1.165) is 30.3 Å². The number of tetrazole rings is 1. The van der Waals surface area contributed by atoms with Gasteiger partial charge in [-0.05, 0) is 54.6 Å². The average Bonchev–Trinajstić information content (AvgIpc) is 3.00. The SMILES string of the molecule is c1csc(-n2nnc(CC3CCCNC3)n2)c1. The van der Waals surface area contributed by atoms with Crippen LogP contribution in [0.15, 0.2) is 17.5 Å². The minimum Gasteiger partial charge on any atom is -0.316 e. The van der Waals surface area contributed by atoms with Gasteiger partial charge in [-0.2, -0.15) is 0 Å². The van der Waals surface area contributed by atoms with Crippen molar-refractivity contribution in [2.75, 3.05) is 13.1 Å². The number of nitrogens with zero attached hydrogens (tertiary/aromatic N) is 4. The smallest absolute Gasteiger partial charge is 0.175 e. The van der Waals surface area contributed by atoms with Gasteiger partial charge in [-0.3, -0.25) is 0 Å². The maximum absolute atomic E-state index is 4.42. The topological polar surface area (TPSA) is 55.6 Å². The molecule has 0 saturated carbocycles. The monoisotopic (exact) mass is 249 g/mol. The van der Waals surface area contributed by atoms with Crippen LogP contribution >= 0.6 is 11.3 Å². The zero-order chi connectivity index (χ0) is 11.5. The van der Waals surface area contributed by atoms with Gasteiger partial charge in [0.1, 0.15) is 5.00 Å². The van der Waals surface area contributed by atoms with Crippen molar-refractivity contribution in [3.63, 3.8) is 0 Å². The van der Waals surface area contributed by atoms with Crippen molar-refractivity contribution in [3.05, 3.63) is 23.3 Å². The molecule has 1 fully saturated rings. The van der Waals surface area contributed by atoms with Gasteiger partial charge in [0, 0.05) is 6.42 Å². The van der Waals surface area contributed by atoms with Crippen molar-refractivity contribution in [3.8, 4) is 5.00 Å². The van der Waals surface area contributed by atoms with Crippen LogP contribution in [0.1, 0.15) is 18.7 Å². The Morgan fingerprint density at radius 3 is 3.29 bits per heavy atom. The van der Waals surface area contributed by atoms with Crippen LogP contribution in [0, 0.1) is 5.92 Å². The molecule has 90 valence electrons. The molecule has 0 aliphatic carbocycles. The lowest BCUT2D eigenvalue weighted by Crippen LogP contribution is -2.31. The fraction of sp³-hybridized carbons (Fsp3) is 0.545. The third-order valence-electron chi connectivity index (χ3n) is 3.03. The minimum atomic E-state index is 0.657. The molecule has 0 spiro atoms. The van der Waals surface area contributed by atoms with Crippen LogP contribution in [-0.4, -0.2) is 33.3 Å². The number of piperidine rings is 1. The van der Waals surface area contributed by atoms with Crippen molar-refractivity contribution >= 4 is 11.3 Å². The molecular formula is C11H15N5S. The van der Waals surface area contributed by atoms with Gasteiger partial charge in [-0.1, -0.05) is 0 Å². The molecule has 5 nitrogen and oxygen atoms in total. The molecule has 1 unspecified atom stereocenters. The van der Waals surface area contributed by atoms with E-state index in [1.807, 2.05) is 17.5 Å². The predicted molar refractivity (Wildman–Crippen MR) is 66.3 cm³/mol. The number of rotatable bonds is 3. The Balaban J connectivity index is 1.68. The van der Waals surface area contributed by atoms with Crippen LogP contribution in [0.4, 0.5) is 0 Å². The van der Waals surface area contributed by atoms with Gasteiger partial charge in [0.05, 0.1) is 0 Å². The minimum absolute atomic E-state index is 0.657. The summed E-state index contributed by atoms with van der Waals surface area (Å²) in [6, 6.07) is 3.99. The molecule has 3 heterocycles. The van der Waals surface area contributed by atoms with Crippen molar-refractivity contribution in [2.45, 2.75) is 19.3 Å². The first-order valence-electron chi connectivity index (χ1n) is 5.95. The van der Waals surface area contributed by atoms with Crippen LogP contribution in [0.5, 0.6) is 0 Å². The van der Waals surface area contributed by atoms with Crippen LogP contribution in [-0.2, 0) is 6.42 Å². The Labute approximate surface area is 104 Å². The fourth-order valence-corrected chi connectivity index (χ4v) is 2.78. The molecule has 1 saturated heterocycles. The van der Waals surface area contributed by atoms with Gasteiger partial charge >= 0.3 is 0 Å². The van der Waals surface area contributed by atoms with Crippen LogP contribution in [0.2, 0.25) is 0 Å². The van der Waals surface area contributed by atoms with Gasteiger partial charge in [0.15, 0.2) is 5.82 Å². The Kier molecular flexibility index (Phi) is 3.15. The highest BCUT2D eigenvalue weighted by molar-refractivity contribution is 7.12. The summed E-state index contributed by atoms with van der Waals surface area (Å²) in [6.07, 6.45) is 3.45. The summed E-state index contributed by atoms with van der Waals surface area (Å²) in [7, 11) is 0. The Hall–Kier alpha value is -1.27. The summed E-state index contributed by atoms with van der Waals surface area (Å²) in [5, 5.41) is 19.1. The van der Waals surface area contributed by atoms with E-state index in [4.69, 9.17) is 0 Å². The highest BCUT2D eigenvalue weighted by Gasteiger charge is 2.16. The standard InChI is InChI=1S/C11H15N5S/c1-3-9(8-12-5-1)7-10-13-15-16(14-10)11-4-2-6-17-11/h2,4,6,9,12H,1,3,5,7-8H2. The highest BCUT2D eigenvalue weighted by atomic mass is 32.1. The van der Waals surface area contributed by atoms with Crippen molar-refractivity contribution in [1.82, 2.24) is 25.5 Å². The Bertz CT molecular complexity index is 458. The molecule has 1 N–H and O–H groups in total. The van der Waals surface area contributed by atoms with E-state index in [2.05, 4.69) is 20.7 Å². The zero-order valence-corrected chi connectivity index (χ0v) is 10.4. The number of thiophene rings is 1. The summed E-state index contributed by atoms with van der Waals surface area (Å²) in [4.78, 5) is 1.62. The maximum atomic E-state index is 4.42. The lowest BCUT2D eigenvalue weighted by atomic mass is 9.96. The number of hydrogen-bond acceptors (Lipinski definition) is 5. The fourth-order valence-electron chi connectivity index (χ4n) is 2.16. The molecule has 3 rings (SSSR count). The molecule has 0 radical (unpaired) electrons. The highest BCUT2D eigenvalue weighted by Crippen LogP contribution is 2.15. The normalized spacial score (nSPS) is 20.6. The molecule has 0 aromatic carbocycles. The first-order chi connectivity index (χ1) is 8.42. The molecule has 1 aliphatic rings. The molecule has 0 bridgehead atoms. The van der Waals surface area contributed by atoms with Gasteiger partial charge in [-0.25, -0.2) is 0 Å². The third kappa shape index (κ3) is 2.53. The molecule has 17 heavy (non-hydrogen) atoms. The largest absolute Gasteiger partial charge is 0.316 e. The molecule has 2 aromatic heterocycles. The first-order valence-corrected chi connectivity index (χ1v) is 6.83. The zero-order valence-electron chi connectivity index (χ0n) is 9.54. The number of aromatic nitrogens is 4. The van der Waals surface area contributed by atoms with Crippen LogP contribution in [0.3, 0.4) is 0 Å². The molecular weight excluding hydrogens is 234 g/mol. The van der Waals surface area contributed by atoms with E-state index in [-0.39, 0.29) is 0 Å². The van der Waals surface area contributed by atoms with E-state index in [1.54, 1.807) is 16.1 Å². The van der Waals surface area contributed by atoms with E-state index in [1.165, 1.54) is 12.8 Å². The summed E-state index contributed by atoms with van der Waals surface area (Å²) in [5.41, 5.74) is 0. The second kappa shape index (κ2) is 4.93. The lowest BCUT2D eigenvalue weighted by molar-refractivity contribution is 0.370. The maximum Gasteiger partial charge on any atom is 0.175 e. The van der Waals surface area contributed by atoms with Crippen LogP contribution < -0.4 is 5.32 Å². The van der Waals surface area contributed by atoms with Crippen LogP contribution in [0.25, 0.3) is 5.00 Å². The summed E-state index contributed by atoms with van der Waals surface area (Å²) >= 11 is 1.62. The van der Waals surface area contributed by atoms with Crippen molar-refractivity contribution in [1.29, 1.82) is 0 Å². The Morgan fingerprint density at radius 2 is 2.53 bits per heavy atom. The van der Waals surface area contributed by atoms with Gasteiger partial charge in [0.25, 0.3) is 0 Å². The van der Waals surface area contributed by atoms with Crippen molar-refractivity contribution < 1.29 is 0 Å². The van der Waals surface area contributed by atoms with Crippen molar-refractivity contribution in [2.24, 2.45) is 5.92 Å². The molecule has 2 aromatic rings. The summed E-state index contributed by atoms with van der Waals surface area (Å²) in [5.74, 6) is 1.51. The lowest BCUT2D eigenvalue weighted by Gasteiger charge is -2.20. The average molecular weight is 249 g/mol. The number of hydrogen-bond donors (Lipinski definition) is 1. The summed E-state index contributed by atoms with van der Waals surface area (Å²) < 4.78 is 0. The van der Waals surface area contributed by atoms with Gasteiger partial charge in [-0.15, -0.1) is 26.3 Å². The predicted octanol–water partition coefficient (Wildman–Crippen LogP) is 1.27. The van der Waals surface area contributed by atoms with E-state index in [0.29, 0.717) is 5.92 Å². The summed E-state index contributed by atoms with van der Waals surface area (Å²) in [6.45, 7) is 2.22. The second-order valence-corrected chi connectivity index (χ2v) is 5.29. The second-order valence-electron chi connectivity index (χ2n) is 4.36.